The summed E-state index contributed by atoms with van der Waals surface area (Å²) in [6.07, 6.45) is 2.40. The van der Waals surface area contributed by atoms with Crippen molar-refractivity contribution in [3.63, 3.8) is 0 Å². The molecule has 104 valence electrons. The minimum Gasteiger partial charge on any atom is -0.454 e. The van der Waals surface area contributed by atoms with E-state index in [0.29, 0.717) is 23.4 Å². The molecular formula is C16H15ClFNO. The van der Waals surface area contributed by atoms with E-state index in [2.05, 4.69) is 5.32 Å². The van der Waals surface area contributed by atoms with E-state index in [0.717, 1.165) is 5.56 Å². The van der Waals surface area contributed by atoms with Gasteiger partial charge in [-0.3, -0.25) is 0 Å². The minimum atomic E-state index is -0.381. The Balaban J connectivity index is 1.84. The van der Waals surface area contributed by atoms with Crippen LogP contribution in [-0.2, 0) is 6.54 Å². The lowest BCUT2D eigenvalue weighted by Crippen LogP contribution is -2.16. The van der Waals surface area contributed by atoms with Crippen LogP contribution in [-0.4, -0.2) is 6.04 Å². The van der Waals surface area contributed by atoms with Crippen molar-refractivity contribution in [1.29, 1.82) is 0 Å². The third-order valence-corrected chi connectivity index (χ3v) is 3.63. The molecule has 1 aliphatic carbocycles. The molecule has 1 N–H and O–H groups in total. The summed E-state index contributed by atoms with van der Waals surface area (Å²) in [6, 6.07) is 12.4. The van der Waals surface area contributed by atoms with Crippen LogP contribution in [0, 0.1) is 5.82 Å². The van der Waals surface area contributed by atoms with Crippen LogP contribution in [0.1, 0.15) is 18.4 Å². The quantitative estimate of drug-likeness (QED) is 0.874. The number of rotatable bonds is 5. The first-order valence-corrected chi connectivity index (χ1v) is 7.05. The number of para-hydroxylation sites is 1. The van der Waals surface area contributed by atoms with Gasteiger partial charge >= 0.3 is 0 Å². The fraction of sp³-hybridized carbons (Fsp3) is 0.250. The van der Waals surface area contributed by atoms with E-state index in [1.165, 1.54) is 18.9 Å². The molecule has 1 aliphatic rings. The van der Waals surface area contributed by atoms with Crippen LogP contribution in [0.5, 0.6) is 11.5 Å². The van der Waals surface area contributed by atoms with Crippen molar-refractivity contribution in [3.8, 4) is 11.5 Å². The number of nitrogens with one attached hydrogen (secondary N) is 1. The van der Waals surface area contributed by atoms with Crippen molar-refractivity contribution >= 4 is 11.6 Å². The highest BCUT2D eigenvalue weighted by atomic mass is 35.5. The molecule has 0 atom stereocenters. The van der Waals surface area contributed by atoms with Crippen LogP contribution in [0.15, 0.2) is 42.5 Å². The molecule has 0 spiro atoms. The van der Waals surface area contributed by atoms with Crippen molar-refractivity contribution in [2.75, 3.05) is 0 Å². The Morgan fingerprint density at radius 3 is 2.60 bits per heavy atom. The van der Waals surface area contributed by atoms with Gasteiger partial charge in [-0.1, -0.05) is 29.8 Å². The largest absolute Gasteiger partial charge is 0.454 e. The Kier molecular flexibility index (Phi) is 3.90. The summed E-state index contributed by atoms with van der Waals surface area (Å²) < 4.78 is 19.3. The molecule has 0 bridgehead atoms. The highest BCUT2D eigenvalue weighted by molar-refractivity contribution is 6.31. The van der Waals surface area contributed by atoms with Crippen LogP contribution in [0.2, 0.25) is 5.02 Å². The van der Waals surface area contributed by atoms with Gasteiger partial charge in [0.05, 0.1) is 0 Å². The smallest absolute Gasteiger partial charge is 0.165 e. The summed E-state index contributed by atoms with van der Waals surface area (Å²) in [5.41, 5.74) is 0.865. The van der Waals surface area contributed by atoms with Crippen LogP contribution in [0.3, 0.4) is 0 Å². The molecular weight excluding hydrogens is 277 g/mol. The number of ether oxygens (including phenoxy) is 1. The van der Waals surface area contributed by atoms with Crippen LogP contribution in [0.4, 0.5) is 4.39 Å². The van der Waals surface area contributed by atoms with Crippen molar-refractivity contribution in [2.45, 2.75) is 25.4 Å². The molecule has 0 unspecified atom stereocenters. The van der Waals surface area contributed by atoms with E-state index in [-0.39, 0.29) is 11.6 Å². The van der Waals surface area contributed by atoms with E-state index < -0.39 is 0 Å². The zero-order valence-electron chi connectivity index (χ0n) is 10.9. The molecule has 2 aromatic rings. The Morgan fingerprint density at radius 1 is 1.10 bits per heavy atom. The van der Waals surface area contributed by atoms with Crippen molar-refractivity contribution in [1.82, 2.24) is 5.32 Å². The monoisotopic (exact) mass is 291 g/mol. The van der Waals surface area contributed by atoms with Gasteiger partial charge in [-0.05, 0) is 37.1 Å². The lowest BCUT2D eigenvalue weighted by atomic mass is 10.2. The molecule has 0 amide bonds. The van der Waals surface area contributed by atoms with E-state index >= 15 is 0 Å². The molecule has 1 saturated carbocycles. The molecule has 1 fully saturated rings. The van der Waals surface area contributed by atoms with Gasteiger partial charge in [0.25, 0.3) is 0 Å². The number of benzene rings is 2. The second kappa shape index (κ2) is 5.81. The average Bonchev–Trinajstić information content (AvgIpc) is 3.25. The normalized spacial score (nSPS) is 14.3. The second-order valence-electron chi connectivity index (χ2n) is 4.90. The SMILES string of the molecule is Fc1ccccc1Oc1cccc(Cl)c1CNC1CC1. The molecule has 20 heavy (non-hydrogen) atoms. The standard InChI is InChI=1S/C16H15ClFNO/c17-13-4-3-7-15(12(13)10-19-11-8-9-11)20-16-6-2-1-5-14(16)18/h1-7,11,19H,8-10H2. The Labute approximate surface area is 122 Å². The van der Waals surface area contributed by atoms with Gasteiger partial charge in [-0.25, -0.2) is 4.39 Å². The summed E-state index contributed by atoms with van der Waals surface area (Å²) in [5.74, 6) is 0.423. The summed E-state index contributed by atoms with van der Waals surface area (Å²) >= 11 is 6.23. The zero-order chi connectivity index (χ0) is 13.9. The van der Waals surface area contributed by atoms with E-state index in [1.54, 1.807) is 24.3 Å². The third kappa shape index (κ3) is 3.11. The van der Waals surface area contributed by atoms with Gasteiger partial charge in [-0.2, -0.15) is 0 Å². The maximum Gasteiger partial charge on any atom is 0.165 e. The fourth-order valence-corrected chi connectivity index (χ4v) is 2.22. The molecule has 2 nitrogen and oxygen atoms in total. The van der Waals surface area contributed by atoms with E-state index in [1.807, 2.05) is 12.1 Å². The van der Waals surface area contributed by atoms with Gasteiger partial charge in [0.1, 0.15) is 5.75 Å². The van der Waals surface area contributed by atoms with E-state index in [4.69, 9.17) is 16.3 Å². The zero-order valence-corrected chi connectivity index (χ0v) is 11.7. The molecule has 0 aliphatic heterocycles. The lowest BCUT2D eigenvalue weighted by Gasteiger charge is -2.13. The topological polar surface area (TPSA) is 21.3 Å². The Hall–Kier alpha value is -1.58. The highest BCUT2D eigenvalue weighted by Crippen LogP contribution is 2.32. The van der Waals surface area contributed by atoms with Gasteiger partial charge in [0.15, 0.2) is 11.6 Å². The van der Waals surface area contributed by atoms with Gasteiger partial charge < -0.3 is 10.1 Å². The second-order valence-corrected chi connectivity index (χ2v) is 5.31. The summed E-state index contributed by atoms with van der Waals surface area (Å²) in [7, 11) is 0. The van der Waals surface area contributed by atoms with E-state index in [9.17, 15) is 4.39 Å². The Morgan fingerprint density at radius 2 is 1.85 bits per heavy atom. The van der Waals surface area contributed by atoms with Crippen LogP contribution in [0.25, 0.3) is 0 Å². The molecule has 4 heteroatoms. The van der Waals surface area contributed by atoms with Gasteiger partial charge in [-0.15, -0.1) is 0 Å². The number of halogens is 2. The lowest BCUT2D eigenvalue weighted by molar-refractivity contribution is 0.435. The third-order valence-electron chi connectivity index (χ3n) is 3.28. The van der Waals surface area contributed by atoms with Crippen LogP contribution < -0.4 is 10.1 Å². The average molecular weight is 292 g/mol. The Bertz CT molecular complexity index is 613. The maximum atomic E-state index is 13.7. The van der Waals surface area contributed by atoms with Gasteiger partial charge in [0, 0.05) is 23.2 Å². The summed E-state index contributed by atoms with van der Waals surface area (Å²) in [4.78, 5) is 0. The van der Waals surface area contributed by atoms with Crippen molar-refractivity contribution < 1.29 is 9.13 Å². The van der Waals surface area contributed by atoms with Gasteiger partial charge in [0.2, 0.25) is 0 Å². The summed E-state index contributed by atoms with van der Waals surface area (Å²) in [5, 5.41) is 4.03. The molecule has 0 saturated heterocycles. The first-order chi connectivity index (χ1) is 9.74. The van der Waals surface area contributed by atoms with Crippen LogP contribution >= 0.6 is 11.6 Å². The highest BCUT2D eigenvalue weighted by Gasteiger charge is 2.21. The molecule has 0 aromatic heterocycles. The van der Waals surface area contributed by atoms with Crippen molar-refractivity contribution in [2.24, 2.45) is 0 Å². The predicted molar refractivity (Wildman–Crippen MR) is 77.8 cm³/mol. The first kappa shape index (κ1) is 13.4. The molecule has 2 aromatic carbocycles. The predicted octanol–water partition coefficient (Wildman–Crippen LogP) is 4.52. The first-order valence-electron chi connectivity index (χ1n) is 6.67. The molecule has 0 heterocycles. The fourth-order valence-electron chi connectivity index (χ4n) is 1.99. The molecule has 0 radical (unpaired) electrons. The number of hydrogen-bond donors (Lipinski definition) is 1. The van der Waals surface area contributed by atoms with Crippen molar-refractivity contribution in [3.05, 3.63) is 58.9 Å². The minimum absolute atomic E-state index is 0.211. The number of hydrogen-bond acceptors (Lipinski definition) is 2. The summed E-state index contributed by atoms with van der Waals surface area (Å²) in [6.45, 7) is 0.633. The maximum absolute atomic E-state index is 13.7. The molecule has 3 rings (SSSR count).